The normalized spacial score (nSPS) is 10.5. The minimum absolute atomic E-state index is 0.761. The molecule has 0 amide bonds. The molecule has 0 aliphatic carbocycles. The van der Waals surface area contributed by atoms with Crippen LogP contribution >= 0.6 is 0 Å². The first-order valence-electron chi connectivity index (χ1n) is 6.63. The molecule has 1 aromatic heterocycles. The molecule has 0 aliphatic heterocycles. The van der Waals surface area contributed by atoms with E-state index in [1.165, 1.54) is 5.56 Å². The van der Waals surface area contributed by atoms with Crippen molar-refractivity contribution in [1.82, 2.24) is 10.3 Å². The highest BCUT2D eigenvalue weighted by atomic mass is 16.5. The van der Waals surface area contributed by atoms with Crippen LogP contribution in [0.3, 0.4) is 0 Å². The van der Waals surface area contributed by atoms with Crippen LogP contribution in [-0.4, -0.2) is 18.1 Å². The lowest BCUT2D eigenvalue weighted by molar-refractivity contribution is 0.296. The molecule has 0 radical (unpaired) electrons. The summed E-state index contributed by atoms with van der Waals surface area (Å²) in [6, 6.07) is 4.19. The number of hydrogen-bond acceptors (Lipinski definition) is 3. The molecule has 0 aromatic carbocycles. The van der Waals surface area contributed by atoms with Gasteiger partial charge in [-0.15, -0.1) is 0 Å². The van der Waals surface area contributed by atoms with Crippen LogP contribution < -0.4 is 10.1 Å². The molecule has 0 spiro atoms. The lowest BCUT2D eigenvalue weighted by atomic mass is 10.2. The highest BCUT2D eigenvalue weighted by Crippen LogP contribution is 2.14. The molecule has 0 unspecified atom stereocenters. The first-order valence-corrected chi connectivity index (χ1v) is 6.63. The van der Waals surface area contributed by atoms with Crippen LogP contribution in [0.25, 0.3) is 0 Å². The molecule has 3 nitrogen and oxygen atoms in total. The summed E-state index contributed by atoms with van der Waals surface area (Å²) in [6.45, 7) is 9.02. The second kappa shape index (κ2) is 8.07. The van der Waals surface area contributed by atoms with E-state index in [-0.39, 0.29) is 0 Å². The third kappa shape index (κ3) is 5.18. The fourth-order valence-electron chi connectivity index (χ4n) is 1.57. The molecule has 0 atom stereocenters. The predicted octanol–water partition coefficient (Wildman–Crippen LogP) is 2.93. The van der Waals surface area contributed by atoms with Gasteiger partial charge in [-0.25, -0.2) is 4.98 Å². The second-order valence-electron chi connectivity index (χ2n) is 4.14. The summed E-state index contributed by atoms with van der Waals surface area (Å²) < 4.78 is 5.67. The van der Waals surface area contributed by atoms with Crippen LogP contribution in [0.15, 0.2) is 12.1 Å². The molecule has 17 heavy (non-hydrogen) atoms. The SMILES string of the molecule is CCCCOc1cc(CNCC)cc(CC)n1. The number of aromatic nitrogens is 1. The van der Waals surface area contributed by atoms with Crippen molar-refractivity contribution in [2.75, 3.05) is 13.2 Å². The van der Waals surface area contributed by atoms with Gasteiger partial charge in [-0.2, -0.15) is 0 Å². The zero-order valence-electron chi connectivity index (χ0n) is 11.3. The molecule has 3 heteroatoms. The lowest BCUT2D eigenvalue weighted by Crippen LogP contribution is -2.12. The van der Waals surface area contributed by atoms with Crippen LogP contribution in [0, 0.1) is 0 Å². The van der Waals surface area contributed by atoms with Gasteiger partial charge in [0.15, 0.2) is 0 Å². The molecule has 0 bridgehead atoms. The first kappa shape index (κ1) is 14.0. The monoisotopic (exact) mass is 236 g/mol. The topological polar surface area (TPSA) is 34.1 Å². The number of unbranched alkanes of at least 4 members (excludes halogenated alkanes) is 1. The number of ether oxygens (including phenoxy) is 1. The number of pyridine rings is 1. The Morgan fingerprint density at radius 2 is 2.06 bits per heavy atom. The van der Waals surface area contributed by atoms with Gasteiger partial charge >= 0.3 is 0 Å². The zero-order chi connectivity index (χ0) is 12.5. The number of nitrogens with zero attached hydrogens (tertiary/aromatic N) is 1. The van der Waals surface area contributed by atoms with E-state index >= 15 is 0 Å². The van der Waals surface area contributed by atoms with Crippen molar-refractivity contribution < 1.29 is 4.74 Å². The van der Waals surface area contributed by atoms with E-state index in [2.05, 4.69) is 37.1 Å². The Labute approximate surface area is 105 Å². The quantitative estimate of drug-likeness (QED) is 0.705. The minimum Gasteiger partial charge on any atom is -0.478 e. The van der Waals surface area contributed by atoms with Crippen LogP contribution in [0.5, 0.6) is 5.88 Å². The molecule has 0 saturated carbocycles. The van der Waals surface area contributed by atoms with E-state index in [0.717, 1.165) is 50.5 Å². The predicted molar refractivity (Wildman–Crippen MR) is 71.4 cm³/mol. The van der Waals surface area contributed by atoms with E-state index < -0.39 is 0 Å². The summed E-state index contributed by atoms with van der Waals surface area (Å²) >= 11 is 0. The Balaban J connectivity index is 2.67. The molecule has 0 aliphatic rings. The Kier molecular flexibility index (Phi) is 6.63. The molecule has 1 rings (SSSR count). The third-order valence-electron chi connectivity index (χ3n) is 2.60. The average Bonchev–Trinajstić information content (AvgIpc) is 2.36. The maximum absolute atomic E-state index is 5.67. The number of nitrogens with one attached hydrogen (secondary N) is 1. The highest BCUT2D eigenvalue weighted by molar-refractivity contribution is 5.25. The molecular formula is C14H24N2O. The van der Waals surface area contributed by atoms with E-state index in [0.29, 0.717) is 0 Å². The third-order valence-corrected chi connectivity index (χ3v) is 2.60. The van der Waals surface area contributed by atoms with Gasteiger partial charge in [-0.05, 0) is 31.0 Å². The summed E-state index contributed by atoms with van der Waals surface area (Å²) in [6.07, 6.45) is 3.18. The smallest absolute Gasteiger partial charge is 0.213 e. The van der Waals surface area contributed by atoms with Crippen molar-refractivity contribution in [2.45, 2.75) is 46.6 Å². The van der Waals surface area contributed by atoms with Crippen LogP contribution in [-0.2, 0) is 13.0 Å². The highest BCUT2D eigenvalue weighted by Gasteiger charge is 2.02. The van der Waals surface area contributed by atoms with Crippen LogP contribution in [0.2, 0.25) is 0 Å². The average molecular weight is 236 g/mol. The fraction of sp³-hybridized carbons (Fsp3) is 0.643. The van der Waals surface area contributed by atoms with Gasteiger partial charge in [0.1, 0.15) is 0 Å². The Bertz CT molecular complexity index is 326. The van der Waals surface area contributed by atoms with Gasteiger partial charge in [0.05, 0.1) is 6.61 Å². The van der Waals surface area contributed by atoms with Gasteiger partial charge in [0.2, 0.25) is 5.88 Å². The number of rotatable bonds is 8. The number of hydrogen-bond donors (Lipinski definition) is 1. The van der Waals surface area contributed by atoms with Gasteiger partial charge in [0, 0.05) is 18.3 Å². The molecule has 0 saturated heterocycles. The van der Waals surface area contributed by atoms with Gasteiger partial charge in [-0.1, -0.05) is 27.2 Å². The molecule has 0 fully saturated rings. The molecular weight excluding hydrogens is 212 g/mol. The number of aryl methyl sites for hydroxylation is 1. The van der Waals surface area contributed by atoms with Crippen molar-refractivity contribution in [3.05, 3.63) is 23.4 Å². The molecule has 1 aromatic rings. The summed E-state index contributed by atoms with van der Waals surface area (Å²) in [7, 11) is 0. The van der Waals surface area contributed by atoms with Gasteiger partial charge < -0.3 is 10.1 Å². The van der Waals surface area contributed by atoms with Crippen molar-refractivity contribution in [3.63, 3.8) is 0 Å². The Morgan fingerprint density at radius 1 is 1.24 bits per heavy atom. The van der Waals surface area contributed by atoms with E-state index in [9.17, 15) is 0 Å². The lowest BCUT2D eigenvalue weighted by Gasteiger charge is -2.09. The summed E-state index contributed by atoms with van der Waals surface area (Å²) in [4.78, 5) is 4.48. The molecule has 96 valence electrons. The van der Waals surface area contributed by atoms with Crippen molar-refractivity contribution in [1.29, 1.82) is 0 Å². The fourth-order valence-corrected chi connectivity index (χ4v) is 1.57. The van der Waals surface area contributed by atoms with Crippen molar-refractivity contribution >= 4 is 0 Å². The van der Waals surface area contributed by atoms with Crippen LogP contribution in [0.1, 0.15) is 44.9 Å². The molecule has 1 N–H and O–H groups in total. The van der Waals surface area contributed by atoms with Gasteiger partial charge in [0.25, 0.3) is 0 Å². The van der Waals surface area contributed by atoms with E-state index in [1.54, 1.807) is 0 Å². The second-order valence-corrected chi connectivity index (χ2v) is 4.14. The van der Waals surface area contributed by atoms with Crippen molar-refractivity contribution in [2.24, 2.45) is 0 Å². The molecule has 1 heterocycles. The van der Waals surface area contributed by atoms with Gasteiger partial charge in [-0.3, -0.25) is 0 Å². The zero-order valence-corrected chi connectivity index (χ0v) is 11.3. The van der Waals surface area contributed by atoms with E-state index in [4.69, 9.17) is 4.74 Å². The summed E-state index contributed by atoms with van der Waals surface area (Å²) in [5.74, 6) is 0.769. The maximum atomic E-state index is 5.67. The van der Waals surface area contributed by atoms with Crippen molar-refractivity contribution in [3.8, 4) is 5.88 Å². The summed E-state index contributed by atoms with van der Waals surface area (Å²) in [5.41, 5.74) is 2.36. The first-order chi connectivity index (χ1) is 8.30. The van der Waals surface area contributed by atoms with E-state index in [1.807, 2.05) is 6.07 Å². The Hall–Kier alpha value is -1.09. The summed E-state index contributed by atoms with van der Waals surface area (Å²) in [5, 5.41) is 3.33. The largest absolute Gasteiger partial charge is 0.478 e. The standard InChI is InChI=1S/C14H24N2O/c1-4-7-8-17-14-10-12(11-15-6-3)9-13(5-2)16-14/h9-10,15H,4-8,11H2,1-3H3. The maximum Gasteiger partial charge on any atom is 0.213 e. The Morgan fingerprint density at radius 3 is 2.71 bits per heavy atom. The minimum atomic E-state index is 0.761. The van der Waals surface area contributed by atoms with Crippen LogP contribution in [0.4, 0.5) is 0 Å².